The van der Waals surface area contributed by atoms with Crippen LogP contribution in [-0.2, 0) is 0 Å². The fourth-order valence-corrected chi connectivity index (χ4v) is 5.16. The number of benzene rings is 6. The molecule has 0 unspecified atom stereocenters. The largest absolute Gasteiger partial charge is 0.268 e. The number of anilines is 1. The number of carbonyl (C=O) groups is 2. The first-order valence-corrected chi connectivity index (χ1v) is 10.3. The fraction of sp³-hybridized carbons (Fsp3) is 0. The first-order chi connectivity index (χ1) is 15.2. The van der Waals surface area contributed by atoms with E-state index >= 15 is 0 Å². The number of rotatable bonds is 1. The Morgan fingerprint density at radius 3 is 1.58 bits per heavy atom. The topological polar surface area (TPSA) is 37.4 Å². The van der Waals surface area contributed by atoms with Gasteiger partial charge in [0.05, 0.1) is 5.69 Å². The molecule has 3 nitrogen and oxygen atoms in total. The lowest BCUT2D eigenvalue weighted by molar-refractivity contribution is 0.0894. The summed E-state index contributed by atoms with van der Waals surface area (Å²) in [5.74, 6) is -0.548. The number of nitrogens with zero attached hydrogens (tertiary/aromatic N) is 1. The molecule has 0 bridgehead atoms. The van der Waals surface area contributed by atoms with Gasteiger partial charge in [0.1, 0.15) is 0 Å². The highest BCUT2D eigenvalue weighted by molar-refractivity contribution is 6.38. The predicted molar refractivity (Wildman–Crippen MR) is 125 cm³/mol. The van der Waals surface area contributed by atoms with E-state index in [9.17, 15) is 9.59 Å². The summed E-state index contributed by atoms with van der Waals surface area (Å²) in [4.78, 5) is 28.5. The normalized spacial score (nSPS) is 13.9. The second-order valence-corrected chi connectivity index (χ2v) is 8.10. The maximum absolute atomic E-state index is 13.6. The summed E-state index contributed by atoms with van der Waals surface area (Å²) in [6.45, 7) is 0. The molecule has 2 amide bonds. The van der Waals surface area contributed by atoms with Crippen LogP contribution in [0, 0.1) is 0 Å². The smallest absolute Gasteiger partial charge is 0.266 e. The number of imide groups is 1. The summed E-state index contributed by atoms with van der Waals surface area (Å²) in [5.41, 5.74) is 1.77. The van der Waals surface area contributed by atoms with Crippen LogP contribution in [-0.4, -0.2) is 11.8 Å². The molecule has 7 rings (SSSR count). The maximum Gasteiger partial charge on any atom is 0.266 e. The predicted octanol–water partition coefficient (Wildman–Crippen LogP) is 6.54. The van der Waals surface area contributed by atoms with Crippen LogP contribution < -0.4 is 4.90 Å². The van der Waals surface area contributed by atoms with Crippen molar-refractivity contribution in [3.63, 3.8) is 0 Å². The van der Waals surface area contributed by atoms with Crippen molar-refractivity contribution in [2.45, 2.75) is 0 Å². The van der Waals surface area contributed by atoms with Crippen molar-refractivity contribution in [1.29, 1.82) is 0 Å². The highest BCUT2D eigenvalue weighted by atomic mass is 16.2. The van der Waals surface area contributed by atoms with Crippen molar-refractivity contribution in [2.24, 2.45) is 0 Å². The minimum atomic E-state index is -0.274. The second kappa shape index (κ2) is 5.67. The van der Waals surface area contributed by atoms with Crippen LogP contribution in [0.2, 0.25) is 0 Å². The van der Waals surface area contributed by atoms with E-state index in [4.69, 9.17) is 0 Å². The molecule has 31 heavy (non-hydrogen) atoms. The minimum absolute atomic E-state index is 0.274. The van der Waals surface area contributed by atoms with Gasteiger partial charge in [0, 0.05) is 21.9 Å². The Bertz CT molecular complexity index is 1660. The van der Waals surface area contributed by atoms with Gasteiger partial charge in [-0.25, -0.2) is 4.90 Å². The lowest BCUT2D eigenvalue weighted by Crippen LogP contribution is -2.40. The van der Waals surface area contributed by atoms with Crippen LogP contribution in [0.4, 0.5) is 5.69 Å². The Morgan fingerprint density at radius 1 is 0.452 bits per heavy atom. The summed E-state index contributed by atoms with van der Waals surface area (Å²) < 4.78 is 0. The molecule has 0 N–H and O–H groups in total. The van der Waals surface area contributed by atoms with Crippen LogP contribution >= 0.6 is 0 Å². The van der Waals surface area contributed by atoms with Gasteiger partial charge in [-0.3, -0.25) is 9.59 Å². The average Bonchev–Trinajstić information content (AvgIpc) is 2.81. The van der Waals surface area contributed by atoms with Crippen molar-refractivity contribution in [3.8, 4) is 0 Å². The van der Waals surface area contributed by atoms with E-state index in [0.29, 0.717) is 16.8 Å². The first kappa shape index (κ1) is 16.5. The summed E-state index contributed by atoms with van der Waals surface area (Å²) >= 11 is 0. The van der Waals surface area contributed by atoms with Gasteiger partial charge in [0.2, 0.25) is 0 Å². The highest BCUT2D eigenvalue weighted by Gasteiger charge is 2.34. The molecule has 0 aliphatic carbocycles. The van der Waals surface area contributed by atoms with Crippen molar-refractivity contribution < 1.29 is 9.59 Å². The summed E-state index contributed by atoms with van der Waals surface area (Å²) in [6.07, 6.45) is 0. The zero-order valence-electron chi connectivity index (χ0n) is 16.4. The first-order valence-electron chi connectivity index (χ1n) is 10.3. The number of hydrogen-bond donors (Lipinski definition) is 0. The Labute approximate surface area is 177 Å². The summed E-state index contributed by atoms with van der Waals surface area (Å²) in [7, 11) is 0. The highest BCUT2D eigenvalue weighted by Crippen LogP contribution is 2.41. The molecule has 3 heteroatoms. The summed E-state index contributed by atoms with van der Waals surface area (Å²) in [5, 5.41) is 8.22. The van der Waals surface area contributed by atoms with Crippen LogP contribution in [0.5, 0.6) is 0 Å². The van der Waals surface area contributed by atoms with Gasteiger partial charge in [-0.1, -0.05) is 72.8 Å². The van der Waals surface area contributed by atoms with E-state index in [1.54, 1.807) is 0 Å². The third-order valence-electron chi connectivity index (χ3n) is 6.52. The van der Waals surface area contributed by atoms with Crippen LogP contribution in [0.15, 0.2) is 91.0 Å². The van der Waals surface area contributed by atoms with E-state index in [0.717, 1.165) is 37.7 Å². The molecule has 6 aromatic carbocycles. The second-order valence-electron chi connectivity index (χ2n) is 8.10. The number of carbonyl (C=O) groups excluding carboxylic acids is 2. The molecule has 6 aromatic rings. The Kier molecular flexibility index (Phi) is 3.03. The molecule has 1 aliphatic heterocycles. The third kappa shape index (κ3) is 2.02. The SMILES string of the molecule is O=C1c2cccc3cccc(c23)C(=O)N1c1ccc2ccc3cccc4ccc1c2c34. The van der Waals surface area contributed by atoms with Crippen LogP contribution in [0.1, 0.15) is 20.7 Å². The van der Waals surface area contributed by atoms with Crippen molar-refractivity contribution in [3.05, 3.63) is 102 Å². The molecular weight excluding hydrogens is 382 g/mol. The van der Waals surface area contributed by atoms with Crippen LogP contribution in [0.25, 0.3) is 43.1 Å². The van der Waals surface area contributed by atoms with Crippen molar-refractivity contribution in [2.75, 3.05) is 4.90 Å². The van der Waals surface area contributed by atoms with Gasteiger partial charge in [-0.15, -0.1) is 0 Å². The molecular formula is C28H15NO2. The van der Waals surface area contributed by atoms with Gasteiger partial charge < -0.3 is 0 Å². The minimum Gasteiger partial charge on any atom is -0.268 e. The van der Waals surface area contributed by atoms with E-state index in [1.807, 2.05) is 54.6 Å². The molecule has 0 radical (unpaired) electrons. The molecule has 0 spiro atoms. The van der Waals surface area contributed by atoms with Gasteiger partial charge >= 0.3 is 0 Å². The van der Waals surface area contributed by atoms with Crippen molar-refractivity contribution in [1.82, 2.24) is 0 Å². The Hall–Kier alpha value is -4.24. The lowest BCUT2D eigenvalue weighted by atomic mass is 9.91. The fourth-order valence-electron chi connectivity index (χ4n) is 5.16. The van der Waals surface area contributed by atoms with E-state index < -0.39 is 0 Å². The lowest BCUT2D eigenvalue weighted by Gasteiger charge is -2.28. The number of hydrogen-bond acceptors (Lipinski definition) is 2. The molecule has 1 aliphatic rings. The molecule has 144 valence electrons. The van der Waals surface area contributed by atoms with E-state index in [1.165, 1.54) is 10.3 Å². The van der Waals surface area contributed by atoms with Gasteiger partial charge in [-0.2, -0.15) is 0 Å². The van der Waals surface area contributed by atoms with E-state index in [2.05, 4.69) is 36.4 Å². The summed E-state index contributed by atoms with van der Waals surface area (Å²) in [6, 6.07) is 29.7. The van der Waals surface area contributed by atoms with Gasteiger partial charge in [0.15, 0.2) is 0 Å². The van der Waals surface area contributed by atoms with Gasteiger partial charge in [-0.05, 0) is 50.5 Å². The van der Waals surface area contributed by atoms with Crippen molar-refractivity contribution >= 4 is 60.6 Å². The molecule has 1 heterocycles. The maximum atomic E-state index is 13.6. The standard InChI is InChI=1S/C28H15NO2/c30-27-21-8-2-6-16-7-3-9-22(25(16)21)28(31)29(27)23-15-13-19-11-10-17-4-1-5-18-12-14-20(23)26(19)24(17)18/h1-15H. The molecule has 0 fully saturated rings. The Balaban J connectivity index is 1.57. The van der Waals surface area contributed by atoms with Gasteiger partial charge in [0.25, 0.3) is 11.8 Å². The molecule has 0 aromatic heterocycles. The zero-order chi connectivity index (χ0) is 20.7. The van der Waals surface area contributed by atoms with E-state index in [-0.39, 0.29) is 11.8 Å². The monoisotopic (exact) mass is 397 g/mol. The number of amides is 2. The average molecular weight is 397 g/mol. The van der Waals surface area contributed by atoms with Crippen LogP contribution in [0.3, 0.4) is 0 Å². The Morgan fingerprint density at radius 2 is 0.935 bits per heavy atom. The zero-order valence-corrected chi connectivity index (χ0v) is 16.4. The molecule has 0 saturated carbocycles. The third-order valence-corrected chi connectivity index (χ3v) is 6.52. The molecule has 0 atom stereocenters. The molecule has 0 saturated heterocycles. The quantitative estimate of drug-likeness (QED) is 0.233.